The summed E-state index contributed by atoms with van der Waals surface area (Å²) in [6, 6.07) is 9.62. The summed E-state index contributed by atoms with van der Waals surface area (Å²) < 4.78 is 7.12. The number of carbonyl (C=O) groups is 1. The number of hydrogen-bond donors (Lipinski definition) is 0. The van der Waals surface area contributed by atoms with Gasteiger partial charge < -0.3 is 9.30 Å². The molecule has 0 radical (unpaired) electrons. The van der Waals surface area contributed by atoms with E-state index in [1.807, 2.05) is 51.1 Å². The Morgan fingerprint density at radius 3 is 2.42 bits per heavy atom. The van der Waals surface area contributed by atoms with E-state index in [-0.39, 0.29) is 5.97 Å². The minimum Gasteiger partial charge on any atom is -0.455 e. The van der Waals surface area contributed by atoms with Gasteiger partial charge in [-0.05, 0) is 20.8 Å². The normalized spacial score (nSPS) is 11.4. The molecule has 2 rings (SSSR count). The lowest BCUT2D eigenvalue weighted by Crippen LogP contribution is -2.25. The number of rotatable bonds is 2. The number of aromatic nitrogens is 2. The molecule has 1 heterocycles. The summed E-state index contributed by atoms with van der Waals surface area (Å²) >= 11 is 0. The Balaban J connectivity index is 2.42. The second-order valence-electron chi connectivity index (χ2n) is 5.42. The van der Waals surface area contributed by atoms with Crippen LogP contribution in [0.4, 0.5) is 0 Å². The average Bonchev–Trinajstić information content (AvgIpc) is 2.70. The van der Waals surface area contributed by atoms with Crippen LogP contribution in [-0.2, 0) is 11.8 Å². The van der Waals surface area contributed by atoms with E-state index < -0.39 is 5.60 Å². The Labute approximate surface area is 113 Å². The minimum absolute atomic E-state index is 0.355. The van der Waals surface area contributed by atoms with Crippen molar-refractivity contribution >= 4 is 5.97 Å². The number of imidazole rings is 1. The highest BCUT2D eigenvalue weighted by Gasteiger charge is 2.24. The van der Waals surface area contributed by atoms with Crippen molar-refractivity contribution in [3.63, 3.8) is 0 Å². The number of carbonyl (C=O) groups excluding carboxylic acids is 1. The predicted octanol–water partition coefficient (Wildman–Crippen LogP) is 3.04. The van der Waals surface area contributed by atoms with Crippen LogP contribution < -0.4 is 0 Å². The largest absolute Gasteiger partial charge is 0.455 e. The standard InChI is InChI=1S/C15H18N2O2/c1-15(2,3)19-14(18)13-12(16-10-17(13)4)11-8-6-5-7-9-11/h5-10H,1-4H3. The molecule has 0 atom stereocenters. The van der Waals surface area contributed by atoms with Crippen molar-refractivity contribution in [1.29, 1.82) is 0 Å². The highest BCUT2D eigenvalue weighted by molar-refractivity contribution is 5.94. The molecule has 1 aromatic carbocycles. The van der Waals surface area contributed by atoms with Crippen LogP contribution in [0.15, 0.2) is 36.7 Å². The van der Waals surface area contributed by atoms with Crippen molar-refractivity contribution in [3.05, 3.63) is 42.4 Å². The van der Waals surface area contributed by atoms with Crippen LogP contribution in [0.3, 0.4) is 0 Å². The average molecular weight is 258 g/mol. The fourth-order valence-corrected chi connectivity index (χ4v) is 1.80. The van der Waals surface area contributed by atoms with Gasteiger partial charge in [-0.25, -0.2) is 9.78 Å². The van der Waals surface area contributed by atoms with Crippen LogP contribution in [0.5, 0.6) is 0 Å². The molecule has 0 fully saturated rings. The molecule has 0 aliphatic rings. The maximum absolute atomic E-state index is 12.3. The Hall–Kier alpha value is -2.10. The quantitative estimate of drug-likeness (QED) is 0.778. The molecule has 100 valence electrons. The first-order valence-corrected chi connectivity index (χ1v) is 6.18. The summed E-state index contributed by atoms with van der Waals surface area (Å²) in [5.41, 5.74) is 1.51. The van der Waals surface area contributed by atoms with Crippen molar-refractivity contribution in [2.45, 2.75) is 26.4 Å². The lowest BCUT2D eigenvalue weighted by molar-refractivity contribution is 0.00600. The summed E-state index contributed by atoms with van der Waals surface area (Å²) in [6.45, 7) is 5.55. The summed E-state index contributed by atoms with van der Waals surface area (Å²) in [5.74, 6) is -0.355. The van der Waals surface area contributed by atoms with Crippen LogP contribution in [0.2, 0.25) is 0 Å². The van der Waals surface area contributed by atoms with Gasteiger partial charge in [0.25, 0.3) is 0 Å². The van der Waals surface area contributed by atoms with Crippen LogP contribution in [-0.4, -0.2) is 21.1 Å². The lowest BCUT2D eigenvalue weighted by Gasteiger charge is -2.19. The van der Waals surface area contributed by atoms with E-state index in [0.717, 1.165) is 5.56 Å². The number of ether oxygens (including phenoxy) is 1. The first-order valence-electron chi connectivity index (χ1n) is 6.18. The van der Waals surface area contributed by atoms with Gasteiger partial charge in [-0.2, -0.15) is 0 Å². The third-order valence-corrected chi connectivity index (χ3v) is 2.58. The molecule has 0 spiro atoms. The van der Waals surface area contributed by atoms with Gasteiger partial charge in [0, 0.05) is 12.6 Å². The number of esters is 1. The SMILES string of the molecule is Cn1cnc(-c2ccccc2)c1C(=O)OC(C)(C)C. The number of benzene rings is 1. The summed E-state index contributed by atoms with van der Waals surface area (Å²) in [7, 11) is 1.79. The van der Waals surface area contributed by atoms with E-state index in [2.05, 4.69) is 4.98 Å². The summed E-state index contributed by atoms with van der Waals surface area (Å²) in [6.07, 6.45) is 1.63. The molecule has 0 aliphatic carbocycles. The predicted molar refractivity (Wildman–Crippen MR) is 73.8 cm³/mol. The van der Waals surface area contributed by atoms with E-state index in [1.54, 1.807) is 17.9 Å². The molecule has 2 aromatic rings. The molecular weight excluding hydrogens is 240 g/mol. The first kappa shape index (κ1) is 13.3. The zero-order chi connectivity index (χ0) is 14.0. The lowest BCUT2D eigenvalue weighted by atomic mass is 10.1. The monoisotopic (exact) mass is 258 g/mol. The van der Waals surface area contributed by atoms with Gasteiger partial charge >= 0.3 is 5.97 Å². The maximum Gasteiger partial charge on any atom is 0.357 e. The van der Waals surface area contributed by atoms with Crippen LogP contribution >= 0.6 is 0 Å². The van der Waals surface area contributed by atoms with Crippen molar-refractivity contribution in [2.24, 2.45) is 7.05 Å². The third kappa shape index (κ3) is 3.02. The zero-order valence-electron chi connectivity index (χ0n) is 11.7. The molecule has 0 aliphatic heterocycles. The van der Waals surface area contributed by atoms with Gasteiger partial charge in [0.15, 0.2) is 5.69 Å². The molecule has 0 bridgehead atoms. The van der Waals surface area contributed by atoms with Gasteiger partial charge in [-0.1, -0.05) is 30.3 Å². The maximum atomic E-state index is 12.3. The van der Waals surface area contributed by atoms with Gasteiger partial charge in [0.05, 0.1) is 6.33 Å². The van der Waals surface area contributed by atoms with Gasteiger partial charge in [0.2, 0.25) is 0 Å². The van der Waals surface area contributed by atoms with Crippen molar-refractivity contribution in [3.8, 4) is 11.3 Å². The fourth-order valence-electron chi connectivity index (χ4n) is 1.80. The van der Waals surface area contributed by atoms with E-state index in [0.29, 0.717) is 11.4 Å². The molecule has 4 nitrogen and oxygen atoms in total. The van der Waals surface area contributed by atoms with Crippen LogP contribution in [0.1, 0.15) is 31.3 Å². The number of nitrogens with zero attached hydrogens (tertiary/aromatic N) is 2. The van der Waals surface area contributed by atoms with Crippen molar-refractivity contribution in [1.82, 2.24) is 9.55 Å². The third-order valence-electron chi connectivity index (χ3n) is 2.58. The molecule has 4 heteroatoms. The molecule has 0 N–H and O–H groups in total. The second-order valence-corrected chi connectivity index (χ2v) is 5.42. The van der Waals surface area contributed by atoms with E-state index >= 15 is 0 Å². The molecule has 0 saturated carbocycles. The smallest absolute Gasteiger partial charge is 0.357 e. The minimum atomic E-state index is -0.519. The number of hydrogen-bond acceptors (Lipinski definition) is 3. The second kappa shape index (κ2) is 4.88. The molecular formula is C15H18N2O2. The Kier molecular flexibility index (Phi) is 3.42. The Morgan fingerprint density at radius 1 is 1.21 bits per heavy atom. The van der Waals surface area contributed by atoms with Gasteiger partial charge in [0.1, 0.15) is 11.3 Å². The molecule has 0 unspecified atom stereocenters. The fraction of sp³-hybridized carbons (Fsp3) is 0.333. The van der Waals surface area contributed by atoms with Crippen LogP contribution in [0.25, 0.3) is 11.3 Å². The Morgan fingerprint density at radius 2 is 1.84 bits per heavy atom. The molecule has 19 heavy (non-hydrogen) atoms. The summed E-state index contributed by atoms with van der Waals surface area (Å²) in [4.78, 5) is 16.6. The molecule has 0 saturated heterocycles. The first-order chi connectivity index (χ1) is 8.88. The highest BCUT2D eigenvalue weighted by atomic mass is 16.6. The molecule has 1 aromatic heterocycles. The van der Waals surface area contributed by atoms with E-state index in [1.165, 1.54) is 0 Å². The van der Waals surface area contributed by atoms with E-state index in [4.69, 9.17) is 4.74 Å². The number of aryl methyl sites for hydroxylation is 1. The molecule has 0 amide bonds. The van der Waals surface area contributed by atoms with Gasteiger partial charge in [-0.15, -0.1) is 0 Å². The Bertz CT molecular complexity index is 580. The van der Waals surface area contributed by atoms with E-state index in [9.17, 15) is 4.79 Å². The van der Waals surface area contributed by atoms with Crippen molar-refractivity contribution < 1.29 is 9.53 Å². The van der Waals surface area contributed by atoms with Crippen molar-refractivity contribution in [2.75, 3.05) is 0 Å². The van der Waals surface area contributed by atoms with Crippen LogP contribution in [0, 0.1) is 0 Å². The highest BCUT2D eigenvalue weighted by Crippen LogP contribution is 2.23. The summed E-state index contributed by atoms with van der Waals surface area (Å²) in [5, 5.41) is 0. The zero-order valence-corrected chi connectivity index (χ0v) is 11.7. The topological polar surface area (TPSA) is 44.1 Å². The van der Waals surface area contributed by atoms with Gasteiger partial charge in [-0.3, -0.25) is 0 Å².